The predicted octanol–water partition coefficient (Wildman–Crippen LogP) is 4.25. The standard InChI is InChI=1S/C22H27N5O/c1-13-8-9-20(28-7)26-21(13)17-11-19(27(5)6)25-22(15(17)3)16-10-18(23-4)24-12-14(16)2/h8-12H,1-7H3,(H,23,24). The monoisotopic (exact) mass is 377 g/mol. The summed E-state index contributed by atoms with van der Waals surface area (Å²) >= 11 is 0. The fraction of sp³-hybridized carbons (Fsp3) is 0.318. The maximum Gasteiger partial charge on any atom is 0.213 e. The van der Waals surface area contributed by atoms with Crippen LogP contribution in [0.3, 0.4) is 0 Å². The Morgan fingerprint density at radius 2 is 1.68 bits per heavy atom. The Labute approximate surface area is 166 Å². The van der Waals surface area contributed by atoms with Crippen LogP contribution >= 0.6 is 0 Å². The third-order valence-corrected chi connectivity index (χ3v) is 4.87. The van der Waals surface area contributed by atoms with Crippen LogP contribution in [0.2, 0.25) is 0 Å². The molecule has 0 atom stereocenters. The minimum atomic E-state index is 0.599. The average molecular weight is 377 g/mol. The quantitative estimate of drug-likeness (QED) is 0.717. The first-order valence-electron chi connectivity index (χ1n) is 9.21. The van der Waals surface area contributed by atoms with Gasteiger partial charge in [0.1, 0.15) is 11.6 Å². The maximum atomic E-state index is 5.36. The summed E-state index contributed by atoms with van der Waals surface area (Å²) < 4.78 is 5.36. The largest absolute Gasteiger partial charge is 0.481 e. The van der Waals surface area contributed by atoms with Crippen LogP contribution in [-0.2, 0) is 0 Å². The Bertz CT molecular complexity index is 939. The van der Waals surface area contributed by atoms with Gasteiger partial charge in [0, 0.05) is 44.5 Å². The molecule has 3 aromatic heterocycles. The number of pyridine rings is 3. The van der Waals surface area contributed by atoms with E-state index < -0.39 is 0 Å². The highest BCUT2D eigenvalue weighted by atomic mass is 16.5. The van der Waals surface area contributed by atoms with E-state index in [2.05, 4.69) is 37.1 Å². The summed E-state index contributed by atoms with van der Waals surface area (Å²) in [5, 5.41) is 3.11. The summed E-state index contributed by atoms with van der Waals surface area (Å²) in [5.41, 5.74) is 7.19. The maximum absolute atomic E-state index is 5.36. The van der Waals surface area contributed by atoms with Crippen LogP contribution in [0.4, 0.5) is 11.6 Å². The van der Waals surface area contributed by atoms with Crippen LogP contribution in [0.5, 0.6) is 5.88 Å². The van der Waals surface area contributed by atoms with Crippen LogP contribution in [0.25, 0.3) is 22.5 Å². The van der Waals surface area contributed by atoms with Gasteiger partial charge in [0.15, 0.2) is 0 Å². The molecule has 0 amide bonds. The van der Waals surface area contributed by atoms with Gasteiger partial charge in [-0.15, -0.1) is 0 Å². The van der Waals surface area contributed by atoms with Crippen LogP contribution in [-0.4, -0.2) is 43.2 Å². The van der Waals surface area contributed by atoms with Crippen molar-refractivity contribution >= 4 is 11.6 Å². The number of hydrogen-bond acceptors (Lipinski definition) is 6. The number of rotatable bonds is 5. The lowest BCUT2D eigenvalue weighted by Crippen LogP contribution is -2.12. The minimum Gasteiger partial charge on any atom is -0.481 e. The van der Waals surface area contributed by atoms with E-state index in [4.69, 9.17) is 14.7 Å². The summed E-state index contributed by atoms with van der Waals surface area (Å²) in [6, 6.07) is 8.05. The summed E-state index contributed by atoms with van der Waals surface area (Å²) in [5.74, 6) is 2.29. The Kier molecular flexibility index (Phi) is 5.49. The number of hydrogen-bond donors (Lipinski definition) is 1. The van der Waals surface area contributed by atoms with E-state index >= 15 is 0 Å². The number of ether oxygens (including phenoxy) is 1. The fourth-order valence-electron chi connectivity index (χ4n) is 3.15. The molecule has 0 aliphatic heterocycles. The highest BCUT2D eigenvalue weighted by Gasteiger charge is 2.18. The molecule has 0 aliphatic rings. The average Bonchev–Trinajstić information content (AvgIpc) is 2.69. The summed E-state index contributed by atoms with van der Waals surface area (Å²) in [6.07, 6.45) is 1.87. The number of aromatic nitrogens is 3. The van der Waals surface area contributed by atoms with Crippen molar-refractivity contribution in [3.05, 3.63) is 47.2 Å². The zero-order chi connectivity index (χ0) is 20.4. The molecular weight excluding hydrogens is 350 g/mol. The molecule has 0 fully saturated rings. The highest BCUT2D eigenvalue weighted by molar-refractivity contribution is 5.80. The van der Waals surface area contributed by atoms with E-state index in [9.17, 15) is 0 Å². The number of anilines is 2. The van der Waals surface area contributed by atoms with Gasteiger partial charge < -0.3 is 15.0 Å². The Morgan fingerprint density at radius 1 is 0.929 bits per heavy atom. The van der Waals surface area contributed by atoms with Crippen LogP contribution < -0.4 is 15.0 Å². The molecule has 0 saturated heterocycles. The molecule has 0 bridgehead atoms. The van der Waals surface area contributed by atoms with Crippen molar-refractivity contribution in [1.29, 1.82) is 0 Å². The van der Waals surface area contributed by atoms with Gasteiger partial charge >= 0.3 is 0 Å². The molecule has 28 heavy (non-hydrogen) atoms. The molecule has 0 aliphatic carbocycles. The molecule has 0 radical (unpaired) electrons. The predicted molar refractivity (Wildman–Crippen MR) is 115 cm³/mol. The third kappa shape index (κ3) is 3.63. The smallest absolute Gasteiger partial charge is 0.213 e. The third-order valence-electron chi connectivity index (χ3n) is 4.87. The Morgan fingerprint density at radius 3 is 2.32 bits per heavy atom. The van der Waals surface area contributed by atoms with E-state index in [1.54, 1.807) is 7.11 Å². The van der Waals surface area contributed by atoms with Gasteiger partial charge in [-0.3, -0.25) is 0 Å². The lowest BCUT2D eigenvalue weighted by atomic mass is 9.96. The van der Waals surface area contributed by atoms with E-state index in [1.165, 1.54) is 0 Å². The van der Waals surface area contributed by atoms with Crippen molar-refractivity contribution < 1.29 is 4.74 Å². The van der Waals surface area contributed by atoms with E-state index in [-0.39, 0.29) is 0 Å². The van der Waals surface area contributed by atoms with Crippen LogP contribution in [0, 0.1) is 20.8 Å². The highest BCUT2D eigenvalue weighted by Crippen LogP contribution is 2.36. The zero-order valence-corrected chi connectivity index (χ0v) is 17.6. The summed E-state index contributed by atoms with van der Waals surface area (Å²) in [6.45, 7) is 6.21. The van der Waals surface area contributed by atoms with E-state index in [1.807, 2.05) is 50.4 Å². The van der Waals surface area contributed by atoms with Crippen LogP contribution in [0.1, 0.15) is 16.7 Å². The molecule has 3 aromatic rings. The molecular formula is C22H27N5O. The van der Waals surface area contributed by atoms with Gasteiger partial charge in [-0.1, -0.05) is 6.07 Å². The van der Waals surface area contributed by atoms with Gasteiger partial charge in [0.05, 0.1) is 18.5 Å². The van der Waals surface area contributed by atoms with Gasteiger partial charge in [0.2, 0.25) is 5.88 Å². The fourth-order valence-corrected chi connectivity index (χ4v) is 3.15. The molecule has 3 heterocycles. The van der Waals surface area contributed by atoms with Gasteiger partial charge in [-0.2, -0.15) is 0 Å². The van der Waals surface area contributed by atoms with Gasteiger partial charge in [-0.05, 0) is 49.6 Å². The molecule has 3 rings (SSSR count). The Balaban J connectivity index is 2.32. The first-order valence-corrected chi connectivity index (χ1v) is 9.21. The SMILES string of the molecule is CNc1cc(-c2nc(N(C)C)cc(-c3nc(OC)ccc3C)c2C)c(C)cn1. The normalized spacial score (nSPS) is 10.7. The van der Waals surface area contributed by atoms with Gasteiger partial charge in [0.25, 0.3) is 0 Å². The van der Waals surface area contributed by atoms with E-state index in [0.717, 1.165) is 50.8 Å². The van der Waals surface area contributed by atoms with Crippen molar-refractivity contribution in [2.24, 2.45) is 0 Å². The zero-order valence-electron chi connectivity index (χ0n) is 17.6. The second-order valence-corrected chi connectivity index (χ2v) is 7.05. The number of methoxy groups -OCH3 is 1. The van der Waals surface area contributed by atoms with Crippen LogP contribution in [0.15, 0.2) is 30.5 Å². The second-order valence-electron chi connectivity index (χ2n) is 7.05. The van der Waals surface area contributed by atoms with E-state index in [0.29, 0.717) is 5.88 Å². The van der Waals surface area contributed by atoms with Crippen molar-refractivity contribution in [3.8, 4) is 28.4 Å². The first kappa shape index (κ1) is 19.6. The summed E-state index contributed by atoms with van der Waals surface area (Å²) in [7, 11) is 7.50. The van der Waals surface area contributed by atoms with Crippen molar-refractivity contribution in [1.82, 2.24) is 15.0 Å². The minimum absolute atomic E-state index is 0.599. The number of aryl methyl sites for hydroxylation is 2. The summed E-state index contributed by atoms with van der Waals surface area (Å²) in [4.78, 5) is 16.1. The molecule has 146 valence electrons. The van der Waals surface area contributed by atoms with Crippen molar-refractivity contribution in [3.63, 3.8) is 0 Å². The number of nitrogens with one attached hydrogen (secondary N) is 1. The molecule has 0 spiro atoms. The molecule has 0 aromatic carbocycles. The molecule has 6 heteroatoms. The molecule has 0 unspecified atom stereocenters. The van der Waals surface area contributed by atoms with Crippen molar-refractivity contribution in [2.45, 2.75) is 20.8 Å². The lowest BCUT2D eigenvalue weighted by Gasteiger charge is -2.20. The topological polar surface area (TPSA) is 63.2 Å². The molecule has 0 saturated carbocycles. The van der Waals surface area contributed by atoms with Gasteiger partial charge in [-0.25, -0.2) is 15.0 Å². The Hall–Kier alpha value is -3.15. The molecule has 1 N–H and O–H groups in total. The second kappa shape index (κ2) is 7.84. The molecule has 6 nitrogen and oxygen atoms in total. The lowest BCUT2D eigenvalue weighted by molar-refractivity contribution is 0.398. The van der Waals surface area contributed by atoms with Crippen molar-refractivity contribution in [2.75, 3.05) is 38.5 Å². The first-order chi connectivity index (χ1) is 13.3. The number of nitrogens with zero attached hydrogens (tertiary/aromatic N) is 4.